The zero-order valence-electron chi connectivity index (χ0n) is 10.7. The molecule has 2 N–H and O–H groups in total. The molecule has 6 heteroatoms. The summed E-state index contributed by atoms with van der Waals surface area (Å²) >= 11 is 0. The van der Waals surface area contributed by atoms with Crippen molar-refractivity contribution in [1.29, 1.82) is 10.8 Å². The first-order valence-corrected chi connectivity index (χ1v) is 6.46. The Labute approximate surface area is 123 Å². The third-order valence-corrected chi connectivity index (χ3v) is 2.37. The zero-order valence-corrected chi connectivity index (χ0v) is 13.1. The number of nitrogens with one attached hydrogen (secondary N) is 2. The minimum absolute atomic E-state index is 0.750. The highest BCUT2D eigenvalue weighted by Crippen LogP contribution is 1.86. The molecule has 4 nitrogen and oxygen atoms in total. The molecule has 0 amide bonds. The lowest BCUT2D eigenvalue weighted by molar-refractivity contribution is 0.562. The molecule has 0 aliphatic rings. The van der Waals surface area contributed by atoms with Crippen LogP contribution in [0.3, 0.4) is 0 Å². The molecule has 0 saturated carbocycles. The fourth-order valence-corrected chi connectivity index (χ4v) is 1.35. The minimum atomic E-state index is 0.750. The molecule has 0 fully saturated rings. The highest BCUT2D eigenvalue weighted by atomic mass is 31.0. The number of hydrogen-bond acceptors (Lipinski definition) is 4. The maximum atomic E-state index is 8.35. The molecular weight excluding hydrogens is 290 g/mol. The van der Waals surface area contributed by atoms with E-state index in [2.05, 4.69) is 18.5 Å². The molecule has 2 rings (SSSR count). The van der Waals surface area contributed by atoms with Crippen molar-refractivity contribution in [3.8, 4) is 0 Å². The van der Waals surface area contributed by atoms with Crippen LogP contribution in [0.25, 0.3) is 0 Å². The van der Waals surface area contributed by atoms with Crippen LogP contribution in [0.2, 0.25) is 0 Å². The van der Waals surface area contributed by atoms with Gasteiger partial charge in [-0.3, -0.25) is 0 Å². The molecular formula is C14H16N2O2P2. The third-order valence-electron chi connectivity index (χ3n) is 1.60. The SMILES string of the molecule is N=C=O.N=C=O.Pc1ccccc1.Pc1ccccc1. The van der Waals surface area contributed by atoms with Gasteiger partial charge in [-0.25, -0.2) is 20.4 Å². The molecule has 104 valence electrons. The van der Waals surface area contributed by atoms with Gasteiger partial charge in [0.25, 0.3) is 0 Å². The topological polar surface area (TPSA) is 81.8 Å². The van der Waals surface area contributed by atoms with Gasteiger partial charge in [-0.05, 0) is 10.6 Å². The first-order chi connectivity index (χ1) is 9.62. The predicted octanol–water partition coefficient (Wildman–Crippen LogP) is 2.18. The Bertz CT molecular complexity index is 458. The monoisotopic (exact) mass is 306 g/mol. The Morgan fingerprint density at radius 1 is 0.650 bits per heavy atom. The maximum absolute atomic E-state index is 8.35. The van der Waals surface area contributed by atoms with Gasteiger partial charge in [-0.1, -0.05) is 60.7 Å². The summed E-state index contributed by atoms with van der Waals surface area (Å²) in [4.78, 5) is 16.7. The highest BCUT2D eigenvalue weighted by molar-refractivity contribution is 7.27. The second-order valence-electron chi connectivity index (χ2n) is 3.03. The van der Waals surface area contributed by atoms with E-state index < -0.39 is 0 Å². The largest absolute Gasteiger partial charge is 0.231 e. The number of carbonyl (C=O) groups excluding carboxylic acids is 2. The van der Waals surface area contributed by atoms with E-state index in [1.807, 2.05) is 60.7 Å². The second kappa shape index (κ2) is 17.1. The first kappa shape index (κ1) is 20.4. The summed E-state index contributed by atoms with van der Waals surface area (Å²) in [5.74, 6) is 0. The summed E-state index contributed by atoms with van der Waals surface area (Å²) in [5, 5.41) is 13.3. The van der Waals surface area contributed by atoms with Gasteiger partial charge in [0.2, 0.25) is 12.2 Å². The molecule has 0 aliphatic heterocycles. The molecule has 2 atom stereocenters. The molecule has 2 unspecified atom stereocenters. The fourth-order valence-electron chi connectivity index (χ4n) is 0.906. The van der Waals surface area contributed by atoms with E-state index in [0.717, 1.165) is 12.2 Å². The van der Waals surface area contributed by atoms with E-state index in [4.69, 9.17) is 20.4 Å². The van der Waals surface area contributed by atoms with Crippen LogP contribution in [0.4, 0.5) is 0 Å². The number of isocyanates is 2. The molecule has 0 aliphatic carbocycles. The van der Waals surface area contributed by atoms with Gasteiger partial charge in [0, 0.05) is 0 Å². The van der Waals surface area contributed by atoms with Crippen LogP contribution < -0.4 is 10.6 Å². The standard InChI is InChI=1S/2C6H7P.2CHNO/c2*7-6-4-2-1-3-5-6;2*2-1-3/h2*1-5H,7H2;2*2H. The Morgan fingerprint density at radius 3 is 0.950 bits per heavy atom. The molecule has 0 spiro atoms. The molecule has 20 heavy (non-hydrogen) atoms. The van der Waals surface area contributed by atoms with Crippen molar-refractivity contribution in [2.75, 3.05) is 0 Å². The Morgan fingerprint density at radius 2 is 0.850 bits per heavy atom. The van der Waals surface area contributed by atoms with Crippen LogP contribution >= 0.6 is 18.5 Å². The number of hydrogen-bond donors (Lipinski definition) is 2. The molecule has 2 aromatic carbocycles. The molecule has 0 radical (unpaired) electrons. The fraction of sp³-hybridized carbons (Fsp3) is 0. The van der Waals surface area contributed by atoms with Gasteiger partial charge in [0.1, 0.15) is 0 Å². The van der Waals surface area contributed by atoms with Gasteiger partial charge < -0.3 is 0 Å². The van der Waals surface area contributed by atoms with Crippen LogP contribution in [0.5, 0.6) is 0 Å². The van der Waals surface area contributed by atoms with Gasteiger partial charge >= 0.3 is 0 Å². The summed E-state index contributed by atoms with van der Waals surface area (Å²) < 4.78 is 0. The highest BCUT2D eigenvalue weighted by Gasteiger charge is 1.72. The van der Waals surface area contributed by atoms with Crippen molar-refractivity contribution in [1.82, 2.24) is 0 Å². The lowest BCUT2D eigenvalue weighted by atomic mass is 10.4. The Hall–Kier alpha value is -1.94. The number of benzene rings is 2. The quantitative estimate of drug-likeness (QED) is 0.444. The molecule has 0 bridgehead atoms. The number of rotatable bonds is 0. The van der Waals surface area contributed by atoms with Crippen molar-refractivity contribution in [3.05, 3.63) is 60.7 Å². The average molecular weight is 306 g/mol. The smallest absolute Gasteiger partial charge is 0.222 e. The van der Waals surface area contributed by atoms with Gasteiger partial charge in [-0.2, -0.15) is 0 Å². The lowest BCUT2D eigenvalue weighted by Gasteiger charge is -1.82. The molecule has 0 saturated heterocycles. The van der Waals surface area contributed by atoms with Gasteiger partial charge in [0.15, 0.2) is 0 Å². The summed E-state index contributed by atoms with van der Waals surface area (Å²) in [6.45, 7) is 0. The molecule has 0 heterocycles. The van der Waals surface area contributed by atoms with Crippen molar-refractivity contribution >= 4 is 41.2 Å². The predicted molar refractivity (Wildman–Crippen MR) is 88.4 cm³/mol. The lowest BCUT2D eigenvalue weighted by Crippen LogP contribution is -1.82. The van der Waals surface area contributed by atoms with E-state index in [-0.39, 0.29) is 0 Å². The summed E-state index contributed by atoms with van der Waals surface area (Å²) in [7, 11) is 5.26. The minimum Gasteiger partial charge on any atom is -0.222 e. The first-order valence-electron chi connectivity index (χ1n) is 5.31. The third kappa shape index (κ3) is 18.4. The summed E-state index contributed by atoms with van der Waals surface area (Å²) in [6.07, 6.45) is 1.50. The molecule has 0 aromatic heterocycles. The van der Waals surface area contributed by atoms with Gasteiger partial charge in [-0.15, -0.1) is 18.5 Å². The Balaban J connectivity index is 0. The second-order valence-corrected chi connectivity index (χ2v) is 4.36. The van der Waals surface area contributed by atoms with Crippen molar-refractivity contribution in [3.63, 3.8) is 0 Å². The normalized spacial score (nSPS) is 6.90. The van der Waals surface area contributed by atoms with E-state index >= 15 is 0 Å². The maximum Gasteiger partial charge on any atom is 0.231 e. The summed E-state index contributed by atoms with van der Waals surface area (Å²) in [5.41, 5.74) is 0. The van der Waals surface area contributed by atoms with E-state index in [1.54, 1.807) is 0 Å². The van der Waals surface area contributed by atoms with E-state index in [1.165, 1.54) is 10.6 Å². The van der Waals surface area contributed by atoms with Crippen molar-refractivity contribution in [2.24, 2.45) is 0 Å². The van der Waals surface area contributed by atoms with Crippen molar-refractivity contribution < 1.29 is 9.59 Å². The van der Waals surface area contributed by atoms with Crippen LogP contribution in [-0.2, 0) is 9.59 Å². The van der Waals surface area contributed by atoms with Crippen molar-refractivity contribution in [2.45, 2.75) is 0 Å². The van der Waals surface area contributed by atoms with E-state index in [0.29, 0.717) is 0 Å². The molecule has 2 aromatic rings. The van der Waals surface area contributed by atoms with E-state index in [9.17, 15) is 0 Å². The van der Waals surface area contributed by atoms with Crippen LogP contribution in [0, 0.1) is 10.8 Å². The zero-order chi connectivity index (χ0) is 15.6. The van der Waals surface area contributed by atoms with Crippen LogP contribution in [-0.4, -0.2) is 12.2 Å². The van der Waals surface area contributed by atoms with Crippen LogP contribution in [0.15, 0.2) is 60.7 Å². The van der Waals surface area contributed by atoms with Crippen LogP contribution in [0.1, 0.15) is 0 Å². The average Bonchev–Trinajstić information content (AvgIpc) is 2.43. The summed E-state index contributed by atoms with van der Waals surface area (Å²) in [6, 6.07) is 20.3. The van der Waals surface area contributed by atoms with Gasteiger partial charge in [0.05, 0.1) is 0 Å². The Kier molecular flexibility index (Phi) is 17.4.